The number of hydrogen-bond acceptors (Lipinski definition) is 5. The Bertz CT molecular complexity index is 514. The molecule has 2 aromatic heterocycles. The minimum absolute atomic E-state index is 0.0788. The standard InChI is InChI=1S/C9H6N2O5/c12-7(6-2-1-3-15-6)11-9-10-5(4-16-9)8(13)14/h1-4H,(H,13,14)(H,10,11,12). The third-order valence-electron chi connectivity index (χ3n) is 1.69. The molecule has 0 aliphatic rings. The highest BCUT2D eigenvalue weighted by molar-refractivity contribution is 6.01. The molecule has 2 rings (SSSR count). The van der Waals surface area contributed by atoms with E-state index in [0.717, 1.165) is 6.26 Å². The number of carbonyl (C=O) groups excluding carboxylic acids is 1. The van der Waals surface area contributed by atoms with Gasteiger partial charge in [0.25, 0.3) is 5.91 Å². The summed E-state index contributed by atoms with van der Waals surface area (Å²) >= 11 is 0. The first kappa shape index (κ1) is 9.97. The van der Waals surface area contributed by atoms with Crippen LogP contribution in [0.3, 0.4) is 0 Å². The third-order valence-corrected chi connectivity index (χ3v) is 1.69. The summed E-state index contributed by atoms with van der Waals surface area (Å²) in [5, 5.41) is 10.8. The van der Waals surface area contributed by atoms with Crippen LogP contribution >= 0.6 is 0 Å². The Morgan fingerprint density at radius 3 is 2.75 bits per heavy atom. The zero-order valence-electron chi connectivity index (χ0n) is 7.84. The smallest absolute Gasteiger partial charge is 0.357 e. The van der Waals surface area contributed by atoms with Crippen LogP contribution in [0, 0.1) is 0 Å². The first-order valence-electron chi connectivity index (χ1n) is 4.20. The van der Waals surface area contributed by atoms with Gasteiger partial charge in [-0.15, -0.1) is 0 Å². The van der Waals surface area contributed by atoms with E-state index in [4.69, 9.17) is 13.9 Å². The van der Waals surface area contributed by atoms with Crippen LogP contribution in [-0.2, 0) is 0 Å². The Hall–Kier alpha value is -2.57. The lowest BCUT2D eigenvalue weighted by atomic mass is 10.4. The molecule has 7 nitrogen and oxygen atoms in total. The molecule has 7 heteroatoms. The SMILES string of the molecule is O=C(O)c1coc(NC(=O)c2ccco2)n1. The van der Waals surface area contributed by atoms with Crippen LogP contribution in [0.15, 0.2) is 33.5 Å². The zero-order valence-corrected chi connectivity index (χ0v) is 7.84. The third kappa shape index (κ3) is 1.92. The van der Waals surface area contributed by atoms with Crippen molar-refractivity contribution >= 4 is 17.9 Å². The first-order valence-corrected chi connectivity index (χ1v) is 4.20. The van der Waals surface area contributed by atoms with Crippen molar-refractivity contribution in [3.05, 3.63) is 36.1 Å². The van der Waals surface area contributed by atoms with Crippen molar-refractivity contribution in [1.29, 1.82) is 0 Å². The number of carbonyl (C=O) groups is 2. The number of carboxylic acid groups (broad SMARTS) is 1. The lowest BCUT2D eigenvalue weighted by molar-refractivity contribution is 0.0690. The molecule has 0 aliphatic heterocycles. The summed E-state index contributed by atoms with van der Waals surface area (Å²) in [4.78, 5) is 25.4. The van der Waals surface area contributed by atoms with E-state index in [1.807, 2.05) is 0 Å². The summed E-state index contributed by atoms with van der Waals surface area (Å²) in [7, 11) is 0. The molecule has 0 fully saturated rings. The molecule has 0 aliphatic carbocycles. The Morgan fingerprint density at radius 2 is 2.19 bits per heavy atom. The minimum atomic E-state index is -1.23. The number of furan rings is 1. The van der Waals surface area contributed by atoms with Crippen LogP contribution < -0.4 is 5.32 Å². The molecule has 82 valence electrons. The quantitative estimate of drug-likeness (QED) is 0.808. The number of nitrogens with one attached hydrogen (secondary N) is 1. The van der Waals surface area contributed by atoms with Gasteiger partial charge in [0, 0.05) is 0 Å². The summed E-state index contributed by atoms with van der Waals surface area (Å²) in [6.45, 7) is 0. The van der Waals surface area contributed by atoms with Crippen LogP contribution in [0.5, 0.6) is 0 Å². The van der Waals surface area contributed by atoms with Crippen molar-refractivity contribution in [3.63, 3.8) is 0 Å². The maximum absolute atomic E-state index is 11.4. The number of amides is 1. The number of anilines is 1. The van der Waals surface area contributed by atoms with E-state index >= 15 is 0 Å². The van der Waals surface area contributed by atoms with Crippen LogP contribution in [0.2, 0.25) is 0 Å². The molecule has 0 saturated heterocycles. The lowest BCUT2D eigenvalue weighted by Crippen LogP contribution is -2.11. The summed E-state index contributed by atoms with van der Waals surface area (Å²) in [5.41, 5.74) is -0.283. The van der Waals surface area contributed by atoms with Gasteiger partial charge in [0.15, 0.2) is 11.5 Å². The van der Waals surface area contributed by atoms with Gasteiger partial charge in [0.2, 0.25) is 0 Å². The van der Waals surface area contributed by atoms with Crippen molar-refractivity contribution in [3.8, 4) is 0 Å². The first-order chi connectivity index (χ1) is 7.66. The molecule has 1 amide bonds. The summed E-state index contributed by atoms with van der Waals surface area (Å²) < 4.78 is 9.55. The van der Waals surface area contributed by atoms with Gasteiger partial charge in [0.1, 0.15) is 6.26 Å². The number of hydrogen-bond donors (Lipinski definition) is 2. The molecule has 0 saturated carbocycles. The maximum atomic E-state index is 11.4. The summed E-state index contributed by atoms with van der Waals surface area (Å²) in [5.74, 6) is -1.72. The van der Waals surface area contributed by atoms with Crippen molar-refractivity contribution in [2.75, 3.05) is 5.32 Å². The predicted molar refractivity (Wildman–Crippen MR) is 50.1 cm³/mol. The fourth-order valence-corrected chi connectivity index (χ4v) is 0.996. The zero-order chi connectivity index (χ0) is 11.5. The number of aromatic carboxylic acids is 1. The van der Waals surface area contributed by atoms with Crippen molar-refractivity contribution in [2.45, 2.75) is 0 Å². The molecule has 0 atom stereocenters. The molecule has 2 aromatic rings. The summed E-state index contributed by atoms with van der Waals surface area (Å²) in [6, 6.07) is 2.81. The van der Waals surface area contributed by atoms with E-state index < -0.39 is 11.9 Å². The van der Waals surface area contributed by atoms with E-state index in [1.165, 1.54) is 12.3 Å². The number of nitrogens with zero attached hydrogens (tertiary/aromatic N) is 1. The van der Waals surface area contributed by atoms with Gasteiger partial charge in [-0.05, 0) is 12.1 Å². The van der Waals surface area contributed by atoms with Gasteiger partial charge in [-0.3, -0.25) is 10.1 Å². The Kier molecular flexibility index (Phi) is 2.42. The predicted octanol–water partition coefficient (Wildman–Crippen LogP) is 1.22. The molecule has 2 N–H and O–H groups in total. The van der Waals surface area contributed by atoms with Crippen LogP contribution in [0.1, 0.15) is 21.0 Å². The van der Waals surface area contributed by atoms with Gasteiger partial charge >= 0.3 is 12.0 Å². The fourth-order valence-electron chi connectivity index (χ4n) is 0.996. The minimum Gasteiger partial charge on any atom is -0.476 e. The maximum Gasteiger partial charge on any atom is 0.357 e. The number of carboxylic acids is 1. The van der Waals surface area contributed by atoms with Crippen molar-refractivity contribution in [2.24, 2.45) is 0 Å². The molecule has 0 spiro atoms. The van der Waals surface area contributed by atoms with E-state index in [9.17, 15) is 9.59 Å². The molecule has 0 unspecified atom stereocenters. The fraction of sp³-hybridized carbons (Fsp3) is 0. The van der Waals surface area contributed by atoms with Gasteiger partial charge in [-0.2, -0.15) is 4.98 Å². The van der Waals surface area contributed by atoms with Crippen LogP contribution in [0.25, 0.3) is 0 Å². The van der Waals surface area contributed by atoms with Crippen LogP contribution in [0.4, 0.5) is 6.01 Å². The van der Waals surface area contributed by atoms with Gasteiger partial charge in [-0.25, -0.2) is 4.79 Å². The Balaban J connectivity index is 2.09. The molecule has 0 aromatic carbocycles. The monoisotopic (exact) mass is 222 g/mol. The largest absolute Gasteiger partial charge is 0.476 e. The lowest BCUT2D eigenvalue weighted by Gasteiger charge is -1.95. The highest BCUT2D eigenvalue weighted by Crippen LogP contribution is 2.09. The van der Waals surface area contributed by atoms with Gasteiger partial charge < -0.3 is 13.9 Å². The second kappa shape index (κ2) is 3.89. The van der Waals surface area contributed by atoms with E-state index in [-0.39, 0.29) is 17.5 Å². The van der Waals surface area contributed by atoms with Gasteiger partial charge in [-0.1, -0.05) is 0 Å². The summed E-state index contributed by atoms with van der Waals surface area (Å²) in [6.07, 6.45) is 2.27. The number of rotatable bonds is 3. The molecular weight excluding hydrogens is 216 g/mol. The van der Waals surface area contributed by atoms with Gasteiger partial charge in [0.05, 0.1) is 6.26 Å². The Labute approximate surface area is 88.7 Å². The molecule has 2 heterocycles. The topological polar surface area (TPSA) is 106 Å². The number of aromatic nitrogens is 1. The van der Waals surface area contributed by atoms with E-state index in [1.54, 1.807) is 6.07 Å². The number of oxazole rings is 1. The van der Waals surface area contributed by atoms with Crippen molar-refractivity contribution in [1.82, 2.24) is 4.98 Å². The van der Waals surface area contributed by atoms with Crippen LogP contribution in [-0.4, -0.2) is 22.0 Å². The molecule has 0 bridgehead atoms. The molecule has 0 radical (unpaired) electrons. The highest BCUT2D eigenvalue weighted by atomic mass is 16.4. The molecular formula is C9H6N2O5. The van der Waals surface area contributed by atoms with E-state index in [0.29, 0.717) is 0 Å². The van der Waals surface area contributed by atoms with E-state index in [2.05, 4.69) is 10.3 Å². The Morgan fingerprint density at radius 1 is 1.38 bits per heavy atom. The molecule has 16 heavy (non-hydrogen) atoms. The second-order valence-electron chi connectivity index (χ2n) is 2.77. The average molecular weight is 222 g/mol. The highest BCUT2D eigenvalue weighted by Gasteiger charge is 2.14. The second-order valence-corrected chi connectivity index (χ2v) is 2.77. The average Bonchev–Trinajstić information content (AvgIpc) is 2.87. The normalized spacial score (nSPS) is 10.0. The van der Waals surface area contributed by atoms with Crippen molar-refractivity contribution < 1.29 is 23.5 Å².